The van der Waals surface area contributed by atoms with Crippen LogP contribution in [0.5, 0.6) is 0 Å². The van der Waals surface area contributed by atoms with Crippen LogP contribution in [-0.4, -0.2) is 97.7 Å². The van der Waals surface area contributed by atoms with E-state index in [1.165, 1.54) is 19.3 Å². The highest BCUT2D eigenvalue weighted by Crippen LogP contribution is 2.62. The monoisotopic (exact) mass is 528 g/mol. The maximum atomic E-state index is 13.0. The second-order valence-corrected chi connectivity index (χ2v) is 13.0. The van der Waals surface area contributed by atoms with Gasteiger partial charge in [-0.1, -0.05) is 13.2 Å². The molecule has 214 valence electrons. The first-order chi connectivity index (χ1) is 17.8. The molecular formula is C31H52N4O3. The lowest BCUT2D eigenvalue weighted by Gasteiger charge is -2.36. The van der Waals surface area contributed by atoms with E-state index in [2.05, 4.69) is 44.0 Å². The number of fused-ring (bicyclic) bond motifs is 5. The second kappa shape index (κ2) is 12.8. The Morgan fingerprint density at radius 2 is 1.37 bits per heavy atom. The van der Waals surface area contributed by atoms with Crippen molar-refractivity contribution in [2.24, 2.45) is 35.5 Å². The van der Waals surface area contributed by atoms with Gasteiger partial charge in [0.05, 0.1) is 0 Å². The molecule has 7 heteroatoms. The largest absolute Gasteiger partial charge is 0.349 e. The van der Waals surface area contributed by atoms with E-state index in [1.54, 1.807) is 25.9 Å². The maximum absolute atomic E-state index is 13.0. The van der Waals surface area contributed by atoms with Crippen LogP contribution in [0.3, 0.4) is 0 Å². The van der Waals surface area contributed by atoms with Gasteiger partial charge in [0, 0.05) is 63.9 Å². The van der Waals surface area contributed by atoms with Crippen molar-refractivity contribution in [1.82, 2.24) is 19.6 Å². The molecule has 0 heterocycles. The number of carbonyl (C=O) groups is 3. The Balaban J connectivity index is 1.62. The van der Waals surface area contributed by atoms with Gasteiger partial charge < -0.3 is 19.6 Å². The molecule has 0 aliphatic heterocycles. The van der Waals surface area contributed by atoms with Crippen LogP contribution in [0.15, 0.2) is 24.3 Å². The van der Waals surface area contributed by atoms with E-state index < -0.39 is 0 Å². The maximum Gasteiger partial charge on any atom is 0.248 e. The molecule has 3 aliphatic carbocycles. The standard InChI is InChI=1S/C31H52N4O3/c1-20(2)30(37)34(13-11-29(36)33(8)9)18-23-14-26-24-16-25(27(17-24)28(26)15-23)19-35(31(38)21(3)4)12-10-22(5)32(6)7/h22-28H,1,3,10-19H2,2,4-9H3. The quantitative estimate of drug-likeness (QED) is 0.340. The summed E-state index contributed by atoms with van der Waals surface area (Å²) in [5.74, 6) is 3.98. The molecule has 0 N–H and O–H groups in total. The van der Waals surface area contributed by atoms with Gasteiger partial charge in [-0.05, 0) is 102 Å². The zero-order valence-electron chi connectivity index (χ0n) is 25.0. The number of hydrogen-bond acceptors (Lipinski definition) is 4. The molecule has 3 saturated carbocycles. The van der Waals surface area contributed by atoms with E-state index in [-0.39, 0.29) is 17.7 Å². The third-order valence-electron chi connectivity index (χ3n) is 9.73. The van der Waals surface area contributed by atoms with Crippen LogP contribution >= 0.6 is 0 Å². The van der Waals surface area contributed by atoms with Crippen molar-refractivity contribution < 1.29 is 14.4 Å². The minimum Gasteiger partial charge on any atom is -0.349 e. The molecule has 0 saturated heterocycles. The number of amides is 3. The predicted molar refractivity (Wildman–Crippen MR) is 153 cm³/mol. The summed E-state index contributed by atoms with van der Waals surface area (Å²) in [6, 6.07) is 0.424. The SMILES string of the molecule is C=C(C)C(=O)N(CCC(=O)N(C)C)CC1CC2C3CC(CN(CCC(C)N(C)C)C(=O)C(=C)C)C(C3)C2C1. The van der Waals surface area contributed by atoms with Crippen LogP contribution < -0.4 is 0 Å². The molecule has 0 spiro atoms. The highest BCUT2D eigenvalue weighted by atomic mass is 16.2. The van der Waals surface area contributed by atoms with E-state index in [0.717, 1.165) is 37.8 Å². The predicted octanol–water partition coefficient (Wildman–Crippen LogP) is 3.91. The van der Waals surface area contributed by atoms with E-state index in [9.17, 15) is 14.4 Å². The summed E-state index contributed by atoms with van der Waals surface area (Å²) in [4.78, 5) is 45.9. The van der Waals surface area contributed by atoms with Crippen LogP contribution in [-0.2, 0) is 14.4 Å². The first-order valence-corrected chi connectivity index (χ1v) is 14.6. The van der Waals surface area contributed by atoms with Crippen molar-refractivity contribution in [2.45, 2.75) is 65.3 Å². The van der Waals surface area contributed by atoms with Gasteiger partial charge in [-0.15, -0.1) is 0 Å². The van der Waals surface area contributed by atoms with Gasteiger partial charge in [0.2, 0.25) is 17.7 Å². The number of nitrogens with zero attached hydrogens (tertiary/aromatic N) is 4. The molecule has 0 radical (unpaired) electrons. The van der Waals surface area contributed by atoms with Crippen LogP contribution in [0.25, 0.3) is 0 Å². The minimum absolute atomic E-state index is 0.0321. The normalized spacial score (nSPS) is 28.2. The molecule has 0 aromatic carbocycles. The molecule has 3 aliphatic rings. The van der Waals surface area contributed by atoms with Gasteiger partial charge in [0.1, 0.15) is 0 Å². The van der Waals surface area contributed by atoms with Crippen molar-refractivity contribution in [2.75, 3.05) is 54.4 Å². The first-order valence-electron chi connectivity index (χ1n) is 14.6. The third-order valence-corrected chi connectivity index (χ3v) is 9.73. The Morgan fingerprint density at radius 3 is 1.92 bits per heavy atom. The van der Waals surface area contributed by atoms with Crippen LogP contribution in [0.4, 0.5) is 0 Å². The van der Waals surface area contributed by atoms with Crippen molar-refractivity contribution >= 4 is 17.7 Å². The van der Waals surface area contributed by atoms with Crippen molar-refractivity contribution in [3.63, 3.8) is 0 Å². The molecule has 7 nitrogen and oxygen atoms in total. The molecule has 2 bridgehead atoms. The Kier molecular flexibility index (Phi) is 10.2. The highest BCUT2D eigenvalue weighted by molar-refractivity contribution is 5.92. The molecule has 3 rings (SSSR count). The van der Waals surface area contributed by atoms with Crippen LogP contribution in [0, 0.1) is 35.5 Å². The average Bonchev–Trinajstić information content (AvgIpc) is 3.54. The number of carbonyl (C=O) groups excluding carboxylic acids is 3. The van der Waals surface area contributed by atoms with E-state index in [0.29, 0.717) is 60.4 Å². The topological polar surface area (TPSA) is 64.2 Å². The Bertz CT molecular complexity index is 913. The van der Waals surface area contributed by atoms with Crippen LogP contribution in [0.2, 0.25) is 0 Å². The summed E-state index contributed by atoms with van der Waals surface area (Å²) in [7, 11) is 7.69. The van der Waals surface area contributed by atoms with Crippen LogP contribution in [0.1, 0.15) is 59.3 Å². The summed E-state index contributed by atoms with van der Waals surface area (Å²) >= 11 is 0. The summed E-state index contributed by atoms with van der Waals surface area (Å²) in [6.45, 7) is 16.4. The Hall–Kier alpha value is -2.15. The van der Waals surface area contributed by atoms with Crippen molar-refractivity contribution in [1.29, 1.82) is 0 Å². The summed E-state index contributed by atoms with van der Waals surface area (Å²) in [6.07, 6.45) is 6.14. The second-order valence-electron chi connectivity index (χ2n) is 13.0. The molecule has 7 atom stereocenters. The van der Waals surface area contributed by atoms with Gasteiger partial charge in [0.15, 0.2) is 0 Å². The third kappa shape index (κ3) is 7.08. The summed E-state index contributed by atoms with van der Waals surface area (Å²) in [5, 5.41) is 0. The first kappa shape index (κ1) is 30.4. The van der Waals surface area contributed by atoms with E-state index in [1.807, 2.05) is 11.8 Å². The summed E-state index contributed by atoms with van der Waals surface area (Å²) < 4.78 is 0. The van der Waals surface area contributed by atoms with Gasteiger partial charge in [-0.2, -0.15) is 0 Å². The highest BCUT2D eigenvalue weighted by Gasteiger charge is 2.56. The lowest BCUT2D eigenvalue weighted by molar-refractivity contribution is -0.131. The molecular weight excluding hydrogens is 476 g/mol. The molecule has 3 amide bonds. The molecule has 7 unspecified atom stereocenters. The van der Waals surface area contributed by atoms with E-state index >= 15 is 0 Å². The Labute approximate surface area is 231 Å². The van der Waals surface area contributed by atoms with Gasteiger partial charge >= 0.3 is 0 Å². The Morgan fingerprint density at radius 1 is 0.789 bits per heavy atom. The molecule has 0 aromatic rings. The molecule has 0 aromatic heterocycles. The molecule has 3 fully saturated rings. The number of rotatable bonds is 13. The molecule has 38 heavy (non-hydrogen) atoms. The van der Waals surface area contributed by atoms with Gasteiger partial charge in [0.25, 0.3) is 0 Å². The zero-order chi connectivity index (χ0) is 28.3. The van der Waals surface area contributed by atoms with E-state index in [4.69, 9.17) is 0 Å². The van der Waals surface area contributed by atoms with Gasteiger partial charge in [-0.3, -0.25) is 14.4 Å². The average molecular weight is 529 g/mol. The summed E-state index contributed by atoms with van der Waals surface area (Å²) in [5.41, 5.74) is 1.16. The lowest BCUT2D eigenvalue weighted by Crippen LogP contribution is -2.41. The fourth-order valence-electron chi connectivity index (χ4n) is 7.43. The fourth-order valence-corrected chi connectivity index (χ4v) is 7.43. The fraction of sp³-hybridized carbons (Fsp3) is 0.774. The smallest absolute Gasteiger partial charge is 0.248 e. The zero-order valence-corrected chi connectivity index (χ0v) is 25.0. The number of hydrogen-bond donors (Lipinski definition) is 0. The van der Waals surface area contributed by atoms with Crippen molar-refractivity contribution in [3.05, 3.63) is 24.3 Å². The van der Waals surface area contributed by atoms with Crippen molar-refractivity contribution in [3.8, 4) is 0 Å². The lowest BCUT2D eigenvalue weighted by atomic mass is 9.75. The van der Waals surface area contributed by atoms with Gasteiger partial charge in [-0.25, -0.2) is 0 Å². The minimum atomic E-state index is -0.0321.